The third-order valence-corrected chi connectivity index (χ3v) is 5.36. The van der Waals surface area contributed by atoms with Gasteiger partial charge in [-0.2, -0.15) is 0 Å². The van der Waals surface area contributed by atoms with Crippen LogP contribution in [0.25, 0.3) is 11.3 Å². The summed E-state index contributed by atoms with van der Waals surface area (Å²) >= 11 is 1.67. The minimum absolute atomic E-state index is 0.119. The largest absolute Gasteiger partial charge is 0.345 e. The van der Waals surface area contributed by atoms with Crippen molar-refractivity contribution < 1.29 is 4.79 Å². The Morgan fingerprint density at radius 1 is 1.17 bits per heavy atom. The molecule has 0 N–H and O–H groups in total. The first-order valence-electron chi connectivity index (χ1n) is 8.34. The number of carbonyl (C=O) groups excluding carboxylic acids is 1. The van der Waals surface area contributed by atoms with Gasteiger partial charge in [-0.3, -0.25) is 0 Å². The van der Waals surface area contributed by atoms with Crippen molar-refractivity contribution in [2.45, 2.75) is 19.9 Å². The number of aromatic nitrogens is 1. The minimum atomic E-state index is 0.119. The van der Waals surface area contributed by atoms with E-state index in [0.717, 1.165) is 42.6 Å². The zero-order chi connectivity index (χ0) is 17.1. The molecule has 0 unspecified atom stereocenters. The van der Waals surface area contributed by atoms with Gasteiger partial charge in [-0.15, -0.1) is 11.3 Å². The molecular formula is C18H24N4OS. The summed E-state index contributed by atoms with van der Waals surface area (Å²) < 4.78 is 0. The molecule has 3 rings (SSSR count). The maximum absolute atomic E-state index is 12.4. The molecule has 2 heterocycles. The summed E-state index contributed by atoms with van der Waals surface area (Å²) in [5.41, 5.74) is 2.17. The summed E-state index contributed by atoms with van der Waals surface area (Å²) in [6.45, 7) is 7.23. The van der Waals surface area contributed by atoms with E-state index < -0.39 is 0 Å². The lowest BCUT2D eigenvalue weighted by Gasteiger charge is -2.37. The molecule has 0 saturated carbocycles. The van der Waals surface area contributed by atoms with Crippen molar-refractivity contribution >= 4 is 22.5 Å². The number of urea groups is 1. The van der Waals surface area contributed by atoms with Gasteiger partial charge in [0.15, 0.2) is 5.13 Å². The normalized spacial score (nSPS) is 15.0. The van der Waals surface area contributed by atoms with Crippen molar-refractivity contribution in [2.75, 3.05) is 38.1 Å². The maximum Gasteiger partial charge on any atom is 0.320 e. The first-order chi connectivity index (χ1) is 11.6. The van der Waals surface area contributed by atoms with Crippen molar-refractivity contribution in [1.82, 2.24) is 14.8 Å². The fourth-order valence-electron chi connectivity index (χ4n) is 2.68. The number of nitrogens with zero attached hydrogens (tertiary/aromatic N) is 4. The molecule has 1 aromatic heterocycles. The summed E-state index contributed by atoms with van der Waals surface area (Å²) in [4.78, 5) is 23.2. The zero-order valence-corrected chi connectivity index (χ0v) is 15.3. The SMILES string of the molecule is CC(C)N(C)C(=O)N1CCN(c2nc(-c3ccccc3)cs2)CC1. The predicted molar refractivity (Wildman–Crippen MR) is 99.6 cm³/mol. The molecular weight excluding hydrogens is 320 g/mol. The zero-order valence-electron chi connectivity index (χ0n) is 14.5. The van der Waals surface area contributed by atoms with Crippen molar-refractivity contribution in [1.29, 1.82) is 0 Å². The third kappa shape index (κ3) is 3.53. The van der Waals surface area contributed by atoms with Crippen LogP contribution in [-0.4, -0.2) is 60.1 Å². The van der Waals surface area contributed by atoms with Crippen molar-refractivity contribution in [3.05, 3.63) is 35.7 Å². The molecule has 128 valence electrons. The fraction of sp³-hybridized carbons (Fsp3) is 0.444. The second-order valence-electron chi connectivity index (χ2n) is 6.34. The Morgan fingerprint density at radius 2 is 1.83 bits per heavy atom. The molecule has 24 heavy (non-hydrogen) atoms. The summed E-state index contributed by atoms with van der Waals surface area (Å²) in [5, 5.41) is 3.15. The van der Waals surface area contributed by atoms with Crippen LogP contribution in [0.15, 0.2) is 35.7 Å². The molecule has 6 heteroatoms. The van der Waals surface area contributed by atoms with E-state index >= 15 is 0 Å². The molecule has 0 spiro atoms. The number of carbonyl (C=O) groups is 1. The highest BCUT2D eigenvalue weighted by atomic mass is 32.1. The van der Waals surface area contributed by atoms with Crippen molar-refractivity contribution in [3.8, 4) is 11.3 Å². The van der Waals surface area contributed by atoms with Crippen LogP contribution in [0.4, 0.5) is 9.93 Å². The van der Waals surface area contributed by atoms with Gasteiger partial charge in [0.25, 0.3) is 0 Å². The van der Waals surface area contributed by atoms with Crippen molar-refractivity contribution in [2.24, 2.45) is 0 Å². The first-order valence-corrected chi connectivity index (χ1v) is 9.22. The molecule has 1 saturated heterocycles. The van der Waals surface area contributed by atoms with E-state index in [1.165, 1.54) is 0 Å². The van der Waals surface area contributed by atoms with Crippen LogP contribution < -0.4 is 4.90 Å². The van der Waals surface area contributed by atoms with Crippen LogP contribution in [0.2, 0.25) is 0 Å². The van der Waals surface area contributed by atoms with E-state index in [1.54, 1.807) is 16.2 Å². The number of hydrogen-bond acceptors (Lipinski definition) is 4. The number of benzene rings is 1. The quantitative estimate of drug-likeness (QED) is 0.857. The molecule has 1 aliphatic rings. The maximum atomic E-state index is 12.4. The Balaban J connectivity index is 1.61. The lowest BCUT2D eigenvalue weighted by atomic mass is 10.2. The van der Waals surface area contributed by atoms with Gasteiger partial charge in [-0.1, -0.05) is 30.3 Å². The molecule has 1 aromatic carbocycles. The molecule has 2 aromatic rings. The smallest absolute Gasteiger partial charge is 0.320 e. The molecule has 5 nitrogen and oxygen atoms in total. The van der Waals surface area contributed by atoms with E-state index in [1.807, 2.05) is 44.0 Å². The Bertz CT molecular complexity index is 677. The van der Waals surface area contributed by atoms with Crippen molar-refractivity contribution in [3.63, 3.8) is 0 Å². The van der Waals surface area contributed by atoms with Gasteiger partial charge in [0.1, 0.15) is 0 Å². The second kappa shape index (κ2) is 7.21. The van der Waals surface area contributed by atoms with Gasteiger partial charge in [-0.25, -0.2) is 9.78 Å². The number of anilines is 1. The molecule has 1 fully saturated rings. The highest BCUT2D eigenvalue weighted by Crippen LogP contribution is 2.28. The van der Waals surface area contributed by atoms with Crippen LogP contribution in [0.5, 0.6) is 0 Å². The van der Waals surface area contributed by atoms with E-state index in [4.69, 9.17) is 4.98 Å². The number of rotatable bonds is 3. The minimum Gasteiger partial charge on any atom is -0.345 e. The third-order valence-electron chi connectivity index (χ3n) is 4.46. The van der Waals surface area contributed by atoms with Crippen LogP contribution in [0.3, 0.4) is 0 Å². The highest BCUT2D eigenvalue weighted by Gasteiger charge is 2.25. The summed E-state index contributed by atoms with van der Waals surface area (Å²) in [6.07, 6.45) is 0. The topological polar surface area (TPSA) is 39.7 Å². The summed E-state index contributed by atoms with van der Waals surface area (Å²) in [5.74, 6) is 0. The monoisotopic (exact) mass is 344 g/mol. The molecule has 0 aliphatic carbocycles. The second-order valence-corrected chi connectivity index (χ2v) is 7.18. The Kier molecular flexibility index (Phi) is 5.04. The molecule has 0 radical (unpaired) electrons. The standard InChI is InChI=1S/C18H24N4OS/c1-14(2)20(3)18(23)22-11-9-21(10-12-22)17-19-16(13-24-17)15-7-5-4-6-8-15/h4-8,13-14H,9-12H2,1-3H3. The van der Waals surface area contributed by atoms with Crippen LogP contribution in [0.1, 0.15) is 13.8 Å². The van der Waals surface area contributed by atoms with Crippen LogP contribution in [0, 0.1) is 0 Å². The fourth-order valence-corrected chi connectivity index (χ4v) is 3.57. The Labute approximate surface area is 147 Å². The number of amides is 2. The predicted octanol–water partition coefficient (Wildman–Crippen LogP) is 3.39. The Hall–Kier alpha value is -2.08. The van der Waals surface area contributed by atoms with Gasteiger partial charge in [0.05, 0.1) is 5.69 Å². The first kappa shape index (κ1) is 16.8. The van der Waals surface area contributed by atoms with Gasteiger partial charge >= 0.3 is 6.03 Å². The van der Waals surface area contributed by atoms with Gasteiger partial charge in [-0.05, 0) is 13.8 Å². The molecule has 0 bridgehead atoms. The van der Waals surface area contributed by atoms with Crippen LogP contribution >= 0.6 is 11.3 Å². The van der Waals surface area contributed by atoms with Gasteiger partial charge in [0.2, 0.25) is 0 Å². The molecule has 0 atom stereocenters. The molecule has 1 aliphatic heterocycles. The van der Waals surface area contributed by atoms with Gasteiger partial charge in [0, 0.05) is 50.2 Å². The number of piperazine rings is 1. The van der Waals surface area contributed by atoms with E-state index in [9.17, 15) is 4.79 Å². The average molecular weight is 344 g/mol. The summed E-state index contributed by atoms with van der Waals surface area (Å²) in [7, 11) is 1.87. The highest BCUT2D eigenvalue weighted by molar-refractivity contribution is 7.14. The molecule has 2 amide bonds. The Morgan fingerprint density at radius 3 is 2.46 bits per heavy atom. The van der Waals surface area contributed by atoms with E-state index in [-0.39, 0.29) is 12.1 Å². The number of hydrogen-bond donors (Lipinski definition) is 0. The number of thiazole rings is 1. The lowest BCUT2D eigenvalue weighted by molar-refractivity contribution is 0.149. The van der Waals surface area contributed by atoms with E-state index in [0.29, 0.717) is 0 Å². The van der Waals surface area contributed by atoms with Crippen LogP contribution in [-0.2, 0) is 0 Å². The average Bonchev–Trinajstić information content (AvgIpc) is 3.11. The van der Waals surface area contributed by atoms with Gasteiger partial charge < -0.3 is 14.7 Å². The summed E-state index contributed by atoms with van der Waals surface area (Å²) in [6, 6.07) is 10.6. The van der Waals surface area contributed by atoms with E-state index in [2.05, 4.69) is 22.4 Å². The lowest BCUT2D eigenvalue weighted by Crippen LogP contribution is -2.53.